The second-order valence-corrected chi connectivity index (χ2v) is 9.65. The number of carbonyl (C=O) groups is 1. The Balaban J connectivity index is 1.98. The quantitative estimate of drug-likeness (QED) is 0.430. The number of methoxy groups -OCH3 is 2. The Morgan fingerprint density at radius 1 is 1.09 bits per heavy atom. The third-order valence-electron chi connectivity index (χ3n) is 5.40. The Kier molecular flexibility index (Phi) is 7.94. The highest BCUT2D eigenvalue weighted by atomic mass is 32.1. The van der Waals surface area contributed by atoms with E-state index < -0.39 is 18.2 Å². The molecule has 8 heteroatoms. The van der Waals surface area contributed by atoms with E-state index in [0.717, 1.165) is 15.8 Å². The van der Waals surface area contributed by atoms with Crippen LogP contribution in [0.15, 0.2) is 24.3 Å². The molecule has 2 N–H and O–H groups in total. The van der Waals surface area contributed by atoms with Crippen molar-refractivity contribution in [2.45, 2.75) is 46.3 Å². The molecule has 178 valence electrons. The fourth-order valence-corrected chi connectivity index (χ4v) is 4.84. The van der Waals surface area contributed by atoms with Gasteiger partial charge in [-0.3, -0.25) is 0 Å². The number of nitrogens with zero attached hydrogens (tertiary/aromatic N) is 1. The number of benzene rings is 2. The number of aliphatic hydroxyl groups excluding tert-OH is 1. The summed E-state index contributed by atoms with van der Waals surface area (Å²) in [6.45, 7) is 8.31. The fraction of sp³-hybridized carbons (Fsp3) is 0.440. The van der Waals surface area contributed by atoms with Crippen LogP contribution in [0, 0.1) is 19.8 Å². The molecule has 0 aliphatic carbocycles. The second-order valence-electron chi connectivity index (χ2n) is 8.54. The van der Waals surface area contributed by atoms with Gasteiger partial charge in [0.25, 0.3) is 0 Å². The van der Waals surface area contributed by atoms with E-state index in [1.165, 1.54) is 11.3 Å². The van der Waals surface area contributed by atoms with Gasteiger partial charge in [0, 0.05) is 18.6 Å². The fourth-order valence-electron chi connectivity index (χ4n) is 3.71. The summed E-state index contributed by atoms with van der Waals surface area (Å²) >= 11 is 1.42. The van der Waals surface area contributed by atoms with E-state index in [4.69, 9.17) is 14.2 Å². The van der Waals surface area contributed by atoms with Crippen molar-refractivity contribution in [1.82, 2.24) is 4.98 Å². The molecule has 0 aliphatic heterocycles. The number of carboxylic acids is 1. The van der Waals surface area contributed by atoms with Gasteiger partial charge in [0.05, 0.1) is 41.1 Å². The SMILES string of the molecule is COc1cc([C@@H](O)[C@H](Cc2nc3c(C(=O)O)cc(C)cc3s2)OCC(C)C)cc(OC)c1C. The number of aliphatic hydroxyl groups is 1. The van der Waals surface area contributed by atoms with E-state index in [2.05, 4.69) is 4.98 Å². The Morgan fingerprint density at radius 3 is 2.27 bits per heavy atom. The molecular formula is C25H31NO6S. The van der Waals surface area contributed by atoms with Gasteiger partial charge in [-0.1, -0.05) is 13.8 Å². The van der Waals surface area contributed by atoms with Crippen LogP contribution in [0.1, 0.15) is 52.0 Å². The molecule has 7 nitrogen and oxygen atoms in total. The molecular weight excluding hydrogens is 442 g/mol. The zero-order valence-corrected chi connectivity index (χ0v) is 20.7. The molecule has 0 aliphatic rings. The molecule has 33 heavy (non-hydrogen) atoms. The zero-order valence-electron chi connectivity index (χ0n) is 19.8. The molecule has 2 atom stereocenters. The first-order valence-corrected chi connectivity index (χ1v) is 11.6. The number of aromatic carboxylic acids is 1. The van der Waals surface area contributed by atoms with Gasteiger partial charge in [-0.05, 0) is 55.2 Å². The molecule has 3 rings (SSSR count). The maximum Gasteiger partial charge on any atom is 0.337 e. The minimum atomic E-state index is -1.01. The molecule has 0 amide bonds. The standard InChI is InChI=1S/C25H31NO6S/c1-13(2)12-32-20(24(27)16-9-18(30-5)15(4)19(10-16)31-6)11-22-26-23-17(25(28)29)7-14(3)8-21(23)33-22/h7-10,13,20,24,27H,11-12H2,1-6H3,(H,28,29)/t20-,24+/m0/s1. The van der Waals surface area contributed by atoms with Gasteiger partial charge in [0.2, 0.25) is 0 Å². The Hall–Kier alpha value is -2.68. The van der Waals surface area contributed by atoms with Crippen molar-refractivity contribution in [3.8, 4) is 11.5 Å². The van der Waals surface area contributed by atoms with E-state index in [0.29, 0.717) is 40.6 Å². The lowest BCUT2D eigenvalue weighted by atomic mass is 9.99. The maximum absolute atomic E-state index is 11.7. The summed E-state index contributed by atoms with van der Waals surface area (Å²) in [4.78, 5) is 16.3. The van der Waals surface area contributed by atoms with E-state index in [1.807, 2.05) is 33.8 Å². The highest BCUT2D eigenvalue weighted by Gasteiger charge is 2.27. The van der Waals surface area contributed by atoms with Crippen molar-refractivity contribution < 1.29 is 29.2 Å². The molecule has 2 aromatic carbocycles. The first-order chi connectivity index (χ1) is 15.6. The van der Waals surface area contributed by atoms with Crippen LogP contribution in [0.2, 0.25) is 0 Å². The molecule has 0 bridgehead atoms. The van der Waals surface area contributed by atoms with Crippen molar-refractivity contribution in [2.24, 2.45) is 5.92 Å². The minimum Gasteiger partial charge on any atom is -0.496 e. The molecule has 0 fully saturated rings. The third kappa shape index (κ3) is 5.63. The molecule has 0 unspecified atom stereocenters. The number of thiazole rings is 1. The lowest BCUT2D eigenvalue weighted by Gasteiger charge is -2.25. The zero-order chi connectivity index (χ0) is 24.3. The molecule has 0 saturated carbocycles. The van der Waals surface area contributed by atoms with Crippen molar-refractivity contribution in [1.29, 1.82) is 0 Å². The number of rotatable bonds is 10. The van der Waals surface area contributed by atoms with Gasteiger partial charge in [-0.15, -0.1) is 11.3 Å². The van der Waals surface area contributed by atoms with E-state index in [1.54, 1.807) is 32.4 Å². The smallest absolute Gasteiger partial charge is 0.337 e. The van der Waals surface area contributed by atoms with Crippen LogP contribution in [0.4, 0.5) is 0 Å². The summed E-state index contributed by atoms with van der Waals surface area (Å²) in [6, 6.07) is 7.14. The van der Waals surface area contributed by atoms with Crippen LogP contribution in [-0.2, 0) is 11.2 Å². The largest absolute Gasteiger partial charge is 0.496 e. The summed E-state index contributed by atoms with van der Waals surface area (Å²) in [5.74, 6) is 0.505. The van der Waals surface area contributed by atoms with Gasteiger partial charge in [-0.25, -0.2) is 9.78 Å². The third-order valence-corrected chi connectivity index (χ3v) is 6.43. The highest BCUT2D eigenvalue weighted by molar-refractivity contribution is 7.18. The lowest BCUT2D eigenvalue weighted by Crippen LogP contribution is -2.26. The number of aromatic nitrogens is 1. The Morgan fingerprint density at radius 2 is 1.73 bits per heavy atom. The van der Waals surface area contributed by atoms with Crippen LogP contribution in [0.5, 0.6) is 11.5 Å². The van der Waals surface area contributed by atoms with E-state index in [9.17, 15) is 15.0 Å². The second kappa shape index (κ2) is 10.5. The van der Waals surface area contributed by atoms with Gasteiger partial charge < -0.3 is 24.4 Å². The first-order valence-electron chi connectivity index (χ1n) is 10.8. The van der Waals surface area contributed by atoms with Crippen LogP contribution >= 0.6 is 11.3 Å². The monoisotopic (exact) mass is 473 g/mol. The highest BCUT2D eigenvalue weighted by Crippen LogP contribution is 2.35. The van der Waals surface area contributed by atoms with Crippen molar-refractivity contribution in [3.05, 3.63) is 51.5 Å². The normalized spacial score (nSPS) is 13.3. The molecule has 1 heterocycles. The summed E-state index contributed by atoms with van der Waals surface area (Å²) in [7, 11) is 3.15. The summed E-state index contributed by atoms with van der Waals surface area (Å²) < 4.78 is 17.8. The summed E-state index contributed by atoms with van der Waals surface area (Å²) in [6.07, 6.45) is -1.21. The number of hydrogen-bond acceptors (Lipinski definition) is 7. The average Bonchev–Trinajstić information content (AvgIpc) is 3.17. The van der Waals surface area contributed by atoms with Crippen LogP contribution in [-0.4, -0.2) is 48.1 Å². The first kappa shape index (κ1) is 25.0. The predicted molar refractivity (Wildman–Crippen MR) is 129 cm³/mol. The van der Waals surface area contributed by atoms with Crippen molar-refractivity contribution in [2.75, 3.05) is 20.8 Å². The van der Waals surface area contributed by atoms with Crippen LogP contribution in [0.25, 0.3) is 10.2 Å². The summed E-state index contributed by atoms with van der Waals surface area (Å²) in [5, 5.41) is 21.6. The van der Waals surface area contributed by atoms with E-state index >= 15 is 0 Å². The number of fused-ring (bicyclic) bond motifs is 1. The summed E-state index contributed by atoms with van der Waals surface area (Å²) in [5.41, 5.74) is 2.97. The minimum absolute atomic E-state index is 0.181. The number of hydrogen-bond donors (Lipinski definition) is 2. The van der Waals surface area contributed by atoms with Crippen LogP contribution in [0.3, 0.4) is 0 Å². The van der Waals surface area contributed by atoms with E-state index in [-0.39, 0.29) is 11.5 Å². The molecule has 0 saturated heterocycles. The van der Waals surface area contributed by atoms with Gasteiger partial charge in [0.15, 0.2) is 0 Å². The van der Waals surface area contributed by atoms with Gasteiger partial charge in [0.1, 0.15) is 17.6 Å². The lowest BCUT2D eigenvalue weighted by molar-refractivity contribution is -0.0472. The van der Waals surface area contributed by atoms with Crippen molar-refractivity contribution >= 4 is 27.5 Å². The Labute approximate surface area is 198 Å². The van der Waals surface area contributed by atoms with Crippen molar-refractivity contribution in [3.63, 3.8) is 0 Å². The predicted octanol–water partition coefficient (Wildman–Crippen LogP) is 4.95. The molecule has 3 aromatic rings. The average molecular weight is 474 g/mol. The Bertz CT molecular complexity index is 1110. The number of aryl methyl sites for hydroxylation is 1. The maximum atomic E-state index is 11.7. The van der Waals surface area contributed by atoms with Crippen LogP contribution < -0.4 is 9.47 Å². The topological polar surface area (TPSA) is 98.1 Å². The molecule has 0 radical (unpaired) electrons. The number of carboxylic acid groups (broad SMARTS) is 1. The number of ether oxygens (including phenoxy) is 3. The molecule has 0 spiro atoms. The molecule has 1 aromatic heterocycles. The van der Waals surface area contributed by atoms with Gasteiger partial charge in [-0.2, -0.15) is 0 Å². The van der Waals surface area contributed by atoms with Gasteiger partial charge >= 0.3 is 5.97 Å².